The van der Waals surface area contributed by atoms with Gasteiger partial charge >= 0.3 is 0 Å². The zero-order chi connectivity index (χ0) is 29.9. The van der Waals surface area contributed by atoms with Crippen molar-refractivity contribution in [1.29, 1.82) is 0 Å². The lowest BCUT2D eigenvalue weighted by molar-refractivity contribution is 0.0562. The van der Waals surface area contributed by atoms with Crippen LogP contribution in [0.2, 0.25) is 0 Å². The molecular weight excluding hydrogens is 566 g/mol. The fraction of sp³-hybridized carbons (Fsp3) is 0.300. The molecule has 2 aliphatic heterocycles. The standard InChI is InChI=1S/C30H31N9O3S/c1-43(41,42)27-26(19-11-21-8-9-22(12-19)38(21)30(40)25-13-20(14-31)36-37-25)35-29-23(16-34-39(29)28(27)32)18-7-10-24(33-15-18)17-5-3-2-4-6-17/h2-7,10,13,15-16,19,21-22H,8-9,11-12,14,31-32H2,1H3,(H,36,37)/t19-,21-,22+. The van der Waals surface area contributed by atoms with Crippen molar-refractivity contribution in [3.05, 3.63) is 78.0 Å². The van der Waals surface area contributed by atoms with Gasteiger partial charge in [-0.3, -0.25) is 14.9 Å². The summed E-state index contributed by atoms with van der Waals surface area (Å²) in [5.74, 6) is -0.296. The van der Waals surface area contributed by atoms with Crippen molar-refractivity contribution in [2.75, 3.05) is 12.0 Å². The molecule has 220 valence electrons. The molecule has 2 fully saturated rings. The van der Waals surface area contributed by atoms with Gasteiger partial charge in [-0.1, -0.05) is 36.4 Å². The number of H-pyrrole nitrogens is 1. The van der Waals surface area contributed by atoms with Crippen LogP contribution in [-0.2, 0) is 16.4 Å². The van der Waals surface area contributed by atoms with E-state index in [4.69, 9.17) is 16.5 Å². The molecule has 0 spiro atoms. The lowest BCUT2D eigenvalue weighted by atomic mass is 9.87. The van der Waals surface area contributed by atoms with E-state index in [2.05, 4.69) is 20.3 Å². The Labute approximate surface area is 248 Å². The van der Waals surface area contributed by atoms with Gasteiger partial charge in [0.05, 0.1) is 23.3 Å². The van der Waals surface area contributed by atoms with Crippen molar-refractivity contribution in [3.63, 3.8) is 0 Å². The highest BCUT2D eigenvalue weighted by Gasteiger charge is 2.46. The fourth-order valence-corrected chi connectivity index (χ4v) is 7.72. The maximum absolute atomic E-state index is 13.4. The number of hydrogen-bond acceptors (Lipinski definition) is 9. The van der Waals surface area contributed by atoms with Crippen LogP contribution >= 0.6 is 0 Å². The highest BCUT2D eigenvalue weighted by molar-refractivity contribution is 7.91. The largest absolute Gasteiger partial charge is 0.382 e. The smallest absolute Gasteiger partial charge is 0.272 e. The van der Waals surface area contributed by atoms with Gasteiger partial charge in [0.25, 0.3) is 5.91 Å². The van der Waals surface area contributed by atoms with Crippen molar-refractivity contribution in [3.8, 4) is 22.4 Å². The van der Waals surface area contributed by atoms with E-state index in [-0.39, 0.29) is 41.2 Å². The number of pyridine rings is 1. The van der Waals surface area contributed by atoms with Gasteiger partial charge in [0, 0.05) is 53.7 Å². The van der Waals surface area contributed by atoms with Gasteiger partial charge in [0.1, 0.15) is 16.4 Å². The first-order valence-electron chi connectivity index (χ1n) is 14.2. The number of piperidine rings is 1. The number of amides is 1. The van der Waals surface area contributed by atoms with E-state index in [1.54, 1.807) is 18.5 Å². The second kappa shape index (κ2) is 10.3. The first-order chi connectivity index (χ1) is 20.7. The van der Waals surface area contributed by atoms with Crippen molar-refractivity contribution < 1.29 is 13.2 Å². The summed E-state index contributed by atoms with van der Waals surface area (Å²) in [7, 11) is -3.75. The molecule has 1 amide bonds. The van der Waals surface area contributed by atoms with Gasteiger partial charge in [0.2, 0.25) is 0 Å². The molecule has 12 nitrogen and oxygen atoms in total. The van der Waals surface area contributed by atoms with Gasteiger partial charge in [-0.2, -0.15) is 14.7 Å². The number of nitrogens with zero attached hydrogens (tertiary/aromatic N) is 6. The molecule has 13 heteroatoms. The topological polar surface area (TPSA) is 178 Å². The number of sulfone groups is 1. The van der Waals surface area contributed by atoms with E-state index in [1.165, 1.54) is 4.52 Å². The first-order valence-corrected chi connectivity index (χ1v) is 16.1. The molecule has 1 aromatic carbocycles. The van der Waals surface area contributed by atoms with Crippen LogP contribution in [0.3, 0.4) is 0 Å². The number of nitrogens with one attached hydrogen (secondary N) is 1. The lowest BCUT2D eigenvalue weighted by Crippen LogP contribution is -2.46. The van der Waals surface area contributed by atoms with Gasteiger partial charge in [-0.25, -0.2) is 13.4 Å². The summed E-state index contributed by atoms with van der Waals surface area (Å²) < 4.78 is 27.6. The number of benzene rings is 1. The van der Waals surface area contributed by atoms with Gasteiger partial charge in [0.15, 0.2) is 15.5 Å². The molecule has 0 unspecified atom stereocenters. The second-order valence-corrected chi connectivity index (χ2v) is 13.3. The predicted octanol–water partition coefficient (Wildman–Crippen LogP) is 3.18. The quantitative estimate of drug-likeness (QED) is 0.265. The third-order valence-electron chi connectivity index (χ3n) is 8.60. The minimum absolute atomic E-state index is 0.00228. The van der Waals surface area contributed by atoms with Crippen LogP contribution in [0.25, 0.3) is 28.0 Å². The van der Waals surface area contributed by atoms with E-state index in [0.29, 0.717) is 41.1 Å². The maximum Gasteiger partial charge on any atom is 0.272 e. The van der Waals surface area contributed by atoms with Crippen LogP contribution < -0.4 is 11.5 Å². The second-order valence-electron chi connectivity index (χ2n) is 11.3. The Hall–Kier alpha value is -4.62. The first kappa shape index (κ1) is 27.2. The van der Waals surface area contributed by atoms with Gasteiger partial charge < -0.3 is 16.4 Å². The lowest BCUT2D eigenvalue weighted by Gasteiger charge is -2.39. The van der Waals surface area contributed by atoms with E-state index < -0.39 is 9.84 Å². The van der Waals surface area contributed by atoms with E-state index >= 15 is 0 Å². The Morgan fingerprint density at radius 2 is 1.79 bits per heavy atom. The molecule has 2 saturated heterocycles. The van der Waals surface area contributed by atoms with E-state index in [0.717, 1.165) is 35.9 Å². The molecule has 5 N–H and O–H groups in total. The van der Waals surface area contributed by atoms with Crippen LogP contribution in [0, 0.1) is 0 Å². The number of fused-ring (bicyclic) bond motifs is 3. The fourth-order valence-electron chi connectivity index (χ4n) is 6.66. The number of aromatic nitrogens is 6. The van der Waals surface area contributed by atoms with E-state index in [1.807, 2.05) is 47.4 Å². The van der Waals surface area contributed by atoms with Crippen LogP contribution in [0.1, 0.15) is 53.5 Å². The molecule has 0 radical (unpaired) electrons. The van der Waals surface area contributed by atoms with Crippen molar-refractivity contribution >= 4 is 27.2 Å². The number of hydrogen-bond donors (Lipinski definition) is 3. The molecule has 4 aromatic heterocycles. The number of carbonyl (C=O) groups excluding carboxylic acids is 1. The summed E-state index contributed by atoms with van der Waals surface area (Å²) in [5.41, 5.74) is 17.5. The summed E-state index contributed by atoms with van der Waals surface area (Å²) in [6, 6.07) is 15.3. The number of nitrogen functional groups attached to an aromatic ring is 1. The number of carbonyl (C=O) groups is 1. The molecule has 7 rings (SSSR count). The summed E-state index contributed by atoms with van der Waals surface area (Å²) >= 11 is 0. The normalized spacial score (nSPS) is 20.1. The number of aromatic amines is 1. The monoisotopic (exact) mass is 597 g/mol. The summed E-state index contributed by atoms with van der Waals surface area (Å²) in [4.78, 5) is 25.0. The Bertz CT molecular complexity index is 1940. The molecule has 0 saturated carbocycles. The number of nitrogens with two attached hydrogens (primary N) is 2. The van der Waals surface area contributed by atoms with Crippen LogP contribution in [0.15, 0.2) is 65.8 Å². The summed E-state index contributed by atoms with van der Waals surface area (Å²) in [6.45, 7) is 0.242. The third kappa shape index (κ3) is 4.64. The Kier molecular flexibility index (Phi) is 6.51. The zero-order valence-electron chi connectivity index (χ0n) is 23.5. The molecular formula is C30H31N9O3S. The van der Waals surface area contributed by atoms with Crippen LogP contribution in [-0.4, -0.2) is 67.3 Å². The predicted molar refractivity (Wildman–Crippen MR) is 161 cm³/mol. The Balaban J connectivity index is 1.26. The van der Waals surface area contributed by atoms with Crippen molar-refractivity contribution in [1.82, 2.24) is 34.7 Å². The highest BCUT2D eigenvalue weighted by Crippen LogP contribution is 2.45. The molecule has 6 heterocycles. The molecule has 3 atom stereocenters. The molecule has 2 aliphatic rings. The van der Waals surface area contributed by atoms with Crippen LogP contribution in [0.5, 0.6) is 0 Å². The van der Waals surface area contributed by atoms with Crippen molar-refractivity contribution in [2.45, 2.75) is 55.1 Å². The summed E-state index contributed by atoms with van der Waals surface area (Å²) in [6.07, 6.45) is 7.34. The average Bonchev–Trinajstić information content (AvgIpc) is 3.73. The van der Waals surface area contributed by atoms with Gasteiger partial charge in [-0.05, 0) is 37.8 Å². The minimum Gasteiger partial charge on any atom is -0.382 e. The highest BCUT2D eigenvalue weighted by atomic mass is 32.2. The summed E-state index contributed by atoms with van der Waals surface area (Å²) in [5, 5.41) is 11.3. The third-order valence-corrected chi connectivity index (χ3v) is 9.76. The van der Waals surface area contributed by atoms with Crippen LogP contribution in [0.4, 0.5) is 5.82 Å². The minimum atomic E-state index is -3.75. The van der Waals surface area contributed by atoms with E-state index in [9.17, 15) is 13.2 Å². The number of rotatable bonds is 6. The maximum atomic E-state index is 13.4. The molecule has 0 aliphatic carbocycles. The number of anilines is 1. The molecule has 5 aromatic rings. The SMILES string of the molecule is CS(=O)(=O)c1c([C@@H]2C[C@H]3CC[C@@H](C2)N3C(=O)c2cc(CN)n[nH]2)nc2c(-c3ccc(-c4ccccc4)nc3)cnn2c1N. The Morgan fingerprint density at radius 1 is 1.05 bits per heavy atom. The molecule has 2 bridgehead atoms. The Morgan fingerprint density at radius 3 is 2.42 bits per heavy atom. The van der Waals surface area contributed by atoms with Gasteiger partial charge in [-0.15, -0.1) is 0 Å². The zero-order valence-corrected chi connectivity index (χ0v) is 24.3. The van der Waals surface area contributed by atoms with Crippen molar-refractivity contribution in [2.24, 2.45) is 5.73 Å². The average molecular weight is 598 g/mol. The molecule has 43 heavy (non-hydrogen) atoms.